The van der Waals surface area contributed by atoms with Gasteiger partial charge < -0.3 is 20.3 Å². The second-order valence-corrected chi connectivity index (χ2v) is 8.03. The second-order valence-electron chi connectivity index (χ2n) is 8.03. The zero-order valence-corrected chi connectivity index (χ0v) is 18.4. The van der Waals surface area contributed by atoms with Crippen LogP contribution in [0.1, 0.15) is 29.5 Å². The summed E-state index contributed by atoms with van der Waals surface area (Å²) in [6.45, 7) is 2.57. The molecule has 2 amide bonds. The van der Waals surface area contributed by atoms with Gasteiger partial charge in [-0.1, -0.05) is 42.5 Å². The summed E-state index contributed by atoms with van der Waals surface area (Å²) >= 11 is 0. The molecule has 2 N–H and O–H groups in total. The number of aromatic nitrogens is 1. The van der Waals surface area contributed by atoms with Crippen molar-refractivity contribution in [1.29, 1.82) is 5.26 Å². The van der Waals surface area contributed by atoms with E-state index >= 15 is 0 Å². The van der Waals surface area contributed by atoms with Gasteiger partial charge in [0.25, 0.3) is 0 Å². The molecule has 1 aliphatic rings. The van der Waals surface area contributed by atoms with Crippen LogP contribution in [-0.2, 0) is 13.2 Å². The molecule has 2 aromatic carbocycles. The van der Waals surface area contributed by atoms with E-state index in [1.165, 1.54) is 0 Å². The van der Waals surface area contributed by atoms with Crippen LogP contribution in [0.25, 0.3) is 0 Å². The minimum Gasteiger partial charge on any atom is -0.489 e. The Morgan fingerprint density at radius 3 is 2.58 bits per heavy atom. The van der Waals surface area contributed by atoms with E-state index in [1.807, 2.05) is 60.7 Å². The molecule has 0 spiro atoms. The number of urea groups is 1. The van der Waals surface area contributed by atoms with Crippen molar-refractivity contribution in [2.45, 2.75) is 32.0 Å². The monoisotopic (exact) mass is 441 g/mol. The first-order valence-corrected chi connectivity index (χ1v) is 11.1. The maximum absolute atomic E-state index is 12.4. The predicted molar refractivity (Wildman–Crippen MR) is 127 cm³/mol. The largest absolute Gasteiger partial charge is 0.489 e. The number of amides is 2. The van der Waals surface area contributed by atoms with Crippen molar-refractivity contribution in [3.05, 3.63) is 89.6 Å². The van der Waals surface area contributed by atoms with Gasteiger partial charge >= 0.3 is 6.03 Å². The number of pyridine rings is 1. The van der Waals surface area contributed by atoms with Gasteiger partial charge in [0.05, 0.1) is 5.56 Å². The van der Waals surface area contributed by atoms with Crippen LogP contribution >= 0.6 is 0 Å². The Morgan fingerprint density at radius 2 is 1.85 bits per heavy atom. The van der Waals surface area contributed by atoms with Crippen LogP contribution in [0.15, 0.2) is 72.9 Å². The first-order chi connectivity index (χ1) is 16.2. The van der Waals surface area contributed by atoms with E-state index in [4.69, 9.17) is 10.00 Å². The Bertz CT molecular complexity index is 1090. The molecule has 0 bridgehead atoms. The van der Waals surface area contributed by atoms with Crippen molar-refractivity contribution in [2.75, 3.05) is 18.0 Å². The number of piperidine rings is 1. The molecule has 0 saturated carbocycles. The van der Waals surface area contributed by atoms with Crippen LogP contribution in [0.4, 0.5) is 10.6 Å². The second kappa shape index (κ2) is 11.0. The van der Waals surface area contributed by atoms with E-state index in [9.17, 15) is 4.79 Å². The highest BCUT2D eigenvalue weighted by Crippen LogP contribution is 2.18. The van der Waals surface area contributed by atoms with Gasteiger partial charge in [-0.25, -0.2) is 9.78 Å². The Morgan fingerprint density at radius 1 is 1.06 bits per heavy atom. The summed E-state index contributed by atoms with van der Waals surface area (Å²) in [7, 11) is 0. The molecule has 2 heterocycles. The van der Waals surface area contributed by atoms with Gasteiger partial charge in [0.15, 0.2) is 0 Å². The number of para-hydroxylation sites is 1. The fourth-order valence-corrected chi connectivity index (χ4v) is 3.82. The summed E-state index contributed by atoms with van der Waals surface area (Å²) in [5.74, 6) is 1.70. The lowest BCUT2D eigenvalue weighted by Crippen LogP contribution is -2.48. The molecule has 1 aromatic heterocycles. The van der Waals surface area contributed by atoms with E-state index < -0.39 is 0 Å². The number of nitriles is 1. The van der Waals surface area contributed by atoms with Crippen molar-refractivity contribution in [2.24, 2.45) is 0 Å². The number of rotatable bonds is 7. The first-order valence-electron chi connectivity index (χ1n) is 11.1. The number of hydrogen-bond acceptors (Lipinski definition) is 5. The van der Waals surface area contributed by atoms with E-state index in [0.29, 0.717) is 18.7 Å². The average Bonchev–Trinajstić information content (AvgIpc) is 2.88. The van der Waals surface area contributed by atoms with Gasteiger partial charge in [-0.05, 0) is 48.2 Å². The number of carbonyl (C=O) groups excluding carboxylic acids is 1. The van der Waals surface area contributed by atoms with E-state index in [1.54, 1.807) is 12.3 Å². The van der Waals surface area contributed by atoms with Gasteiger partial charge in [0.2, 0.25) is 0 Å². The first kappa shape index (κ1) is 22.2. The standard InChI is InChI=1S/C26H27N5O2/c27-16-22-9-10-25(28-18-22)31-13-11-23(12-14-31)30-26(32)29-17-20-5-4-6-21(15-20)19-33-24-7-2-1-3-8-24/h1-10,15,18,23H,11-14,17,19H2,(H2,29,30,32). The molecule has 0 aliphatic carbocycles. The maximum Gasteiger partial charge on any atom is 0.315 e. The summed E-state index contributed by atoms with van der Waals surface area (Å²) < 4.78 is 5.80. The lowest BCUT2D eigenvalue weighted by molar-refractivity contribution is 0.234. The molecule has 3 aromatic rings. The van der Waals surface area contributed by atoms with Crippen LogP contribution in [0.3, 0.4) is 0 Å². The van der Waals surface area contributed by atoms with Gasteiger partial charge in [-0.15, -0.1) is 0 Å². The molecule has 1 saturated heterocycles. The predicted octanol–water partition coefficient (Wildman–Crippen LogP) is 4.00. The summed E-state index contributed by atoms with van der Waals surface area (Å²) in [6, 6.07) is 23.5. The topological polar surface area (TPSA) is 90.3 Å². The molecule has 4 rings (SSSR count). The van der Waals surface area contributed by atoms with Gasteiger partial charge in [0, 0.05) is 31.9 Å². The molecule has 0 atom stereocenters. The minimum absolute atomic E-state index is 0.130. The maximum atomic E-state index is 12.4. The summed E-state index contributed by atoms with van der Waals surface area (Å²) in [5.41, 5.74) is 2.64. The third-order valence-corrected chi connectivity index (χ3v) is 5.62. The average molecular weight is 442 g/mol. The Balaban J connectivity index is 1.19. The summed E-state index contributed by atoms with van der Waals surface area (Å²) in [5, 5.41) is 14.9. The van der Waals surface area contributed by atoms with Crippen molar-refractivity contribution in [3.8, 4) is 11.8 Å². The van der Waals surface area contributed by atoms with Crippen molar-refractivity contribution < 1.29 is 9.53 Å². The number of hydrogen-bond donors (Lipinski definition) is 2. The third-order valence-electron chi connectivity index (χ3n) is 5.62. The fourth-order valence-electron chi connectivity index (χ4n) is 3.82. The molecule has 1 aliphatic heterocycles. The number of ether oxygens (including phenoxy) is 1. The van der Waals surface area contributed by atoms with Crippen molar-refractivity contribution in [1.82, 2.24) is 15.6 Å². The highest BCUT2D eigenvalue weighted by Gasteiger charge is 2.21. The third kappa shape index (κ3) is 6.47. The molecule has 7 heteroatoms. The van der Waals surface area contributed by atoms with Gasteiger partial charge in [-0.3, -0.25) is 0 Å². The Kier molecular flexibility index (Phi) is 7.39. The number of nitrogens with zero attached hydrogens (tertiary/aromatic N) is 3. The Labute approximate surface area is 194 Å². The molecule has 0 unspecified atom stereocenters. The number of carbonyl (C=O) groups is 1. The van der Waals surface area contributed by atoms with Crippen LogP contribution in [-0.4, -0.2) is 30.1 Å². The quantitative estimate of drug-likeness (QED) is 0.578. The molecule has 168 valence electrons. The fraction of sp³-hybridized carbons (Fsp3) is 0.269. The molecule has 33 heavy (non-hydrogen) atoms. The van der Waals surface area contributed by atoms with E-state index in [-0.39, 0.29) is 12.1 Å². The number of anilines is 1. The zero-order valence-electron chi connectivity index (χ0n) is 18.4. The lowest BCUT2D eigenvalue weighted by Gasteiger charge is -2.33. The van der Waals surface area contributed by atoms with Crippen molar-refractivity contribution >= 4 is 11.8 Å². The summed E-state index contributed by atoms with van der Waals surface area (Å²) in [4.78, 5) is 18.9. The van der Waals surface area contributed by atoms with Gasteiger partial charge in [0.1, 0.15) is 24.2 Å². The smallest absolute Gasteiger partial charge is 0.315 e. The Hall–Kier alpha value is -4.05. The number of nitrogens with one attached hydrogen (secondary N) is 2. The van der Waals surface area contributed by atoms with Crippen LogP contribution in [0.5, 0.6) is 5.75 Å². The number of benzene rings is 2. The highest BCUT2D eigenvalue weighted by molar-refractivity contribution is 5.74. The molecule has 7 nitrogen and oxygen atoms in total. The minimum atomic E-state index is -0.157. The van der Waals surface area contributed by atoms with Crippen molar-refractivity contribution in [3.63, 3.8) is 0 Å². The van der Waals surface area contributed by atoms with E-state index in [0.717, 1.165) is 48.6 Å². The van der Waals surface area contributed by atoms with Crippen LogP contribution in [0.2, 0.25) is 0 Å². The molecule has 0 radical (unpaired) electrons. The molecular weight excluding hydrogens is 414 g/mol. The molecule has 1 fully saturated rings. The highest BCUT2D eigenvalue weighted by atomic mass is 16.5. The van der Waals surface area contributed by atoms with Crippen LogP contribution < -0.4 is 20.3 Å². The lowest BCUT2D eigenvalue weighted by atomic mass is 10.1. The van der Waals surface area contributed by atoms with Gasteiger partial charge in [-0.2, -0.15) is 5.26 Å². The summed E-state index contributed by atoms with van der Waals surface area (Å²) in [6.07, 6.45) is 3.29. The normalized spacial score (nSPS) is 13.7. The van der Waals surface area contributed by atoms with E-state index in [2.05, 4.69) is 26.6 Å². The van der Waals surface area contributed by atoms with Crippen LogP contribution in [0, 0.1) is 11.3 Å². The zero-order chi connectivity index (χ0) is 22.9. The SMILES string of the molecule is N#Cc1ccc(N2CCC(NC(=O)NCc3cccc(COc4ccccc4)c3)CC2)nc1. The molecular formula is C26H27N5O2.